The normalized spacial score (nSPS) is 10.3. The van der Waals surface area contributed by atoms with Gasteiger partial charge in [-0.3, -0.25) is 0 Å². The Kier molecular flexibility index (Phi) is 3.23. The molecule has 6 heteroatoms. The second-order valence-corrected chi connectivity index (χ2v) is 4.18. The van der Waals surface area contributed by atoms with E-state index in [1.54, 1.807) is 12.1 Å². The summed E-state index contributed by atoms with van der Waals surface area (Å²) in [5, 5.41) is 0. The van der Waals surface area contributed by atoms with Crippen LogP contribution in [0.2, 0.25) is 0 Å². The molecule has 0 aliphatic rings. The molecule has 17 heavy (non-hydrogen) atoms. The first-order valence-electron chi connectivity index (χ1n) is 4.73. The van der Waals surface area contributed by atoms with Gasteiger partial charge in [-0.1, -0.05) is 15.9 Å². The third-order valence-corrected chi connectivity index (χ3v) is 2.71. The van der Waals surface area contributed by atoms with Gasteiger partial charge in [0.1, 0.15) is 17.8 Å². The summed E-state index contributed by atoms with van der Waals surface area (Å²) in [7, 11) is 1.44. The minimum absolute atomic E-state index is 0.178. The number of halogens is 2. The van der Waals surface area contributed by atoms with Crippen LogP contribution in [-0.2, 0) is 0 Å². The first kappa shape index (κ1) is 11.8. The van der Waals surface area contributed by atoms with Gasteiger partial charge in [0.25, 0.3) is 0 Å². The van der Waals surface area contributed by atoms with Gasteiger partial charge in [-0.25, -0.2) is 14.4 Å². The summed E-state index contributed by atoms with van der Waals surface area (Å²) < 4.78 is 19.6. The molecule has 1 heterocycles. The summed E-state index contributed by atoms with van der Waals surface area (Å²) in [4.78, 5) is 7.80. The number of anilines is 1. The van der Waals surface area contributed by atoms with E-state index >= 15 is 0 Å². The van der Waals surface area contributed by atoms with Gasteiger partial charge in [0.15, 0.2) is 11.6 Å². The maximum Gasteiger partial charge on any atom is 0.187 e. The molecule has 0 amide bonds. The molecule has 1 aromatic heterocycles. The van der Waals surface area contributed by atoms with Gasteiger partial charge in [0, 0.05) is 10.0 Å². The van der Waals surface area contributed by atoms with Gasteiger partial charge in [-0.2, -0.15) is 0 Å². The lowest BCUT2D eigenvalue weighted by atomic mass is 10.1. The molecule has 0 saturated heterocycles. The van der Waals surface area contributed by atoms with E-state index in [2.05, 4.69) is 25.9 Å². The minimum Gasteiger partial charge on any atom is -0.491 e. The second kappa shape index (κ2) is 4.67. The van der Waals surface area contributed by atoms with Crippen molar-refractivity contribution in [2.75, 3.05) is 12.8 Å². The fourth-order valence-corrected chi connectivity index (χ4v) is 1.82. The van der Waals surface area contributed by atoms with Crippen molar-refractivity contribution in [2.24, 2.45) is 0 Å². The van der Waals surface area contributed by atoms with Gasteiger partial charge in [0.05, 0.1) is 7.11 Å². The standard InChI is InChI=1S/C11H9BrFN3O/c1-17-10-9(15-5-16-11(10)14)7-4-6(12)2-3-8(7)13/h2-5H,1H3,(H2,14,15,16). The van der Waals surface area contributed by atoms with Gasteiger partial charge >= 0.3 is 0 Å². The molecule has 88 valence electrons. The molecule has 0 radical (unpaired) electrons. The molecule has 0 spiro atoms. The highest BCUT2D eigenvalue weighted by atomic mass is 79.9. The van der Waals surface area contributed by atoms with Crippen molar-refractivity contribution in [1.82, 2.24) is 9.97 Å². The predicted octanol–water partition coefficient (Wildman–Crippen LogP) is 2.64. The van der Waals surface area contributed by atoms with Crippen LogP contribution < -0.4 is 10.5 Å². The zero-order chi connectivity index (χ0) is 12.4. The van der Waals surface area contributed by atoms with E-state index in [4.69, 9.17) is 10.5 Å². The highest BCUT2D eigenvalue weighted by Crippen LogP contribution is 2.34. The molecule has 0 fully saturated rings. The molecule has 4 nitrogen and oxygen atoms in total. The van der Waals surface area contributed by atoms with Crippen LogP contribution in [0.5, 0.6) is 5.75 Å². The topological polar surface area (TPSA) is 61.0 Å². The van der Waals surface area contributed by atoms with E-state index in [1.165, 1.54) is 19.5 Å². The number of nitrogens with two attached hydrogens (primary N) is 1. The molecule has 2 N–H and O–H groups in total. The first-order chi connectivity index (χ1) is 8.13. The Balaban J connectivity index is 2.68. The summed E-state index contributed by atoms with van der Waals surface area (Å²) in [6, 6.07) is 4.56. The largest absolute Gasteiger partial charge is 0.491 e. The van der Waals surface area contributed by atoms with Gasteiger partial charge in [0.2, 0.25) is 0 Å². The lowest BCUT2D eigenvalue weighted by Gasteiger charge is -2.09. The number of ether oxygens (including phenoxy) is 1. The number of methoxy groups -OCH3 is 1. The Bertz CT molecular complexity index is 562. The quantitative estimate of drug-likeness (QED) is 0.926. The highest BCUT2D eigenvalue weighted by molar-refractivity contribution is 9.10. The van der Waals surface area contributed by atoms with Crippen LogP contribution in [0.25, 0.3) is 11.3 Å². The van der Waals surface area contributed by atoms with E-state index in [9.17, 15) is 4.39 Å². The number of rotatable bonds is 2. The summed E-state index contributed by atoms with van der Waals surface area (Å²) in [5.74, 6) is 0.0472. The van der Waals surface area contributed by atoms with Crippen LogP contribution in [-0.4, -0.2) is 17.1 Å². The molecule has 2 rings (SSSR count). The van der Waals surface area contributed by atoms with Gasteiger partial charge in [-0.05, 0) is 18.2 Å². The lowest BCUT2D eigenvalue weighted by Crippen LogP contribution is -2.00. The number of hydrogen-bond acceptors (Lipinski definition) is 4. The Morgan fingerprint density at radius 1 is 1.35 bits per heavy atom. The molecule has 0 saturated carbocycles. The Morgan fingerprint density at radius 3 is 2.82 bits per heavy atom. The summed E-state index contributed by atoms with van der Waals surface area (Å²) >= 11 is 3.28. The van der Waals surface area contributed by atoms with Crippen LogP contribution in [0.3, 0.4) is 0 Å². The zero-order valence-corrected chi connectivity index (χ0v) is 10.5. The van der Waals surface area contributed by atoms with Crippen LogP contribution in [0.4, 0.5) is 10.2 Å². The third kappa shape index (κ3) is 2.21. The summed E-state index contributed by atoms with van der Waals surface area (Å²) in [6.07, 6.45) is 1.27. The molecule has 0 atom stereocenters. The van der Waals surface area contributed by atoms with E-state index in [1.807, 2.05) is 0 Å². The smallest absolute Gasteiger partial charge is 0.187 e. The number of benzene rings is 1. The average Bonchev–Trinajstić information content (AvgIpc) is 2.32. The fraction of sp³-hybridized carbons (Fsp3) is 0.0909. The molecule has 0 unspecified atom stereocenters. The second-order valence-electron chi connectivity index (χ2n) is 3.26. The van der Waals surface area contributed by atoms with Crippen LogP contribution >= 0.6 is 15.9 Å². The predicted molar refractivity (Wildman–Crippen MR) is 66.1 cm³/mol. The number of hydrogen-bond donors (Lipinski definition) is 1. The van der Waals surface area contributed by atoms with Crippen molar-refractivity contribution < 1.29 is 9.13 Å². The SMILES string of the molecule is COc1c(N)ncnc1-c1cc(Br)ccc1F. The number of aromatic nitrogens is 2. The number of nitrogen functional groups attached to an aromatic ring is 1. The molecular formula is C11H9BrFN3O. The van der Waals surface area contributed by atoms with Crippen molar-refractivity contribution in [2.45, 2.75) is 0 Å². The van der Waals surface area contributed by atoms with Gasteiger partial charge < -0.3 is 10.5 Å². The molecular weight excluding hydrogens is 289 g/mol. The van der Waals surface area contributed by atoms with Crippen molar-refractivity contribution >= 4 is 21.7 Å². The van der Waals surface area contributed by atoms with Crippen LogP contribution in [0.1, 0.15) is 0 Å². The minimum atomic E-state index is -0.399. The monoisotopic (exact) mass is 297 g/mol. The van der Waals surface area contributed by atoms with Crippen molar-refractivity contribution in [3.05, 3.63) is 34.8 Å². The molecule has 1 aromatic carbocycles. The summed E-state index contributed by atoms with van der Waals surface area (Å²) in [5.41, 5.74) is 6.29. The molecule has 2 aromatic rings. The Labute approximate surface area is 106 Å². The molecule has 0 bridgehead atoms. The Morgan fingerprint density at radius 2 is 2.12 bits per heavy atom. The van der Waals surface area contributed by atoms with E-state index in [-0.39, 0.29) is 11.6 Å². The van der Waals surface area contributed by atoms with Crippen molar-refractivity contribution in [1.29, 1.82) is 0 Å². The summed E-state index contributed by atoms with van der Waals surface area (Å²) in [6.45, 7) is 0. The van der Waals surface area contributed by atoms with E-state index < -0.39 is 5.82 Å². The van der Waals surface area contributed by atoms with Crippen LogP contribution in [0.15, 0.2) is 29.0 Å². The zero-order valence-electron chi connectivity index (χ0n) is 8.95. The van der Waals surface area contributed by atoms with Crippen molar-refractivity contribution in [3.8, 4) is 17.0 Å². The van der Waals surface area contributed by atoms with Crippen molar-refractivity contribution in [3.63, 3.8) is 0 Å². The van der Waals surface area contributed by atoms with Gasteiger partial charge in [-0.15, -0.1) is 0 Å². The third-order valence-electron chi connectivity index (χ3n) is 2.22. The highest BCUT2D eigenvalue weighted by Gasteiger charge is 2.15. The molecule has 0 aliphatic carbocycles. The lowest BCUT2D eigenvalue weighted by molar-refractivity contribution is 0.415. The maximum absolute atomic E-state index is 13.7. The Hall–Kier alpha value is -1.69. The first-order valence-corrected chi connectivity index (χ1v) is 5.52. The average molecular weight is 298 g/mol. The maximum atomic E-state index is 13.7. The number of nitrogens with zero attached hydrogens (tertiary/aromatic N) is 2. The van der Waals surface area contributed by atoms with E-state index in [0.717, 1.165) is 4.47 Å². The van der Waals surface area contributed by atoms with Crippen LogP contribution in [0, 0.1) is 5.82 Å². The molecule has 0 aliphatic heterocycles. The van der Waals surface area contributed by atoms with E-state index in [0.29, 0.717) is 11.3 Å². The fourth-order valence-electron chi connectivity index (χ4n) is 1.46.